The molecule has 28 heavy (non-hydrogen) atoms. The van der Waals surface area contributed by atoms with Gasteiger partial charge in [0, 0.05) is 0 Å². The lowest BCUT2D eigenvalue weighted by Crippen LogP contribution is -2.74. The van der Waals surface area contributed by atoms with E-state index in [0.29, 0.717) is 0 Å². The molecular weight excluding hydrogens is 479 g/mol. The van der Waals surface area contributed by atoms with Crippen LogP contribution in [0.3, 0.4) is 0 Å². The van der Waals surface area contributed by atoms with E-state index in [1.807, 2.05) is 0 Å². The van der Waals surface area contributed by atoms with Gasteiger partial charge in [0.05, 0.1) is 5.03 Å². The Morgan fingerprint density at radius 1 is 0.429 bits per heavy atom. The maximum absolute atomic E-state index is 13.1. The first-order valence-electron chi connectivity index (χ1n) is 5.76. The van der Waals surface area contributed by atoms with Crippen molar-refractivity contribution in [2.45, 2.75) is 47.6 Å². The van der Waals surface area contributed by atoms with Gasteiger partial charge in [0.15, 0.2) is 0 Å². The monoisotopic (exact) mass is 480 g/mol. The molecule has 0 heterocycles. The summed E-state index contributed by atoms with van der Waals surface area (Å²) in [6.07, 6.45) is -7.78. The summed E-state index contributed by atoms with van der Waals surface area (Å²) in [5, 5.41) is -2.91. The minimum Gasteiger partial charge on any atom is -0.193 e. The molecule has 0 aromatic rings. The van der Waals surface area contributed by atoms with Crippen LogP contribution >= 0.6 is 11.6 Å². The molecule has 0 nitrogen and oxygen atoms in total. The first-order chi connectivity index (χ1) is 11.7. The SMILES string of the molecule is C=C(Cl)C(F)(F)C(F)(F)C(F)(F)C(F)(F)C(F)(F)C(F)(F)C(F)(F)C(F)(F)F. The minimum absolute atomic E-state index is 1.72. The Balaban J connectivity index is 6.76. The lowest BCUT2D eigenvalue weighted by atomic mass is 9.89. The molecule has 0 aromatic carbocycles. The topological polar surface area (TPSA) is 0 Å². The molecule has 0 rings (SSSR count). The normalized spacial score (nSPS) is 16.4. The molecule has 0 fully saturated rings. The van der Waals surface area contributed by atoms with E-state index in [-0.39, 0.29) is 0 Å². The summed E-state index contributed by atoms with van der Waals surface area (Å²) in [7, 11) is 0. The fourth-order valence-corrected chi connectivity index (χ4v) is 1.45. The van der Waals surface area contributed by atoms with Gasteiger partial charge in [-0.25, -0.2) is 0 Å². The zero-order valence-electron chi connectivity index (χ0n) is 12.0. The number of allylic oxidation sites excluding steroid dienone is 1. The highest BCUT2D eigenvalue weighted by molar-refractivity contribution is 6.30. The lowest BCUT2D eigenvalue weighted by molar-refractivity contribution is -0.459. The van der Waals surface area contributed by atoms with E-state index in [0.717, 1.165) is 0 Å². The third-order valence-corrected chi connectivity index (χ3v) is 3.30. The van der Waals surface area contributed by atoms with E-state index < -0.39 is 52.7 Å². The van der Waals surface area contributed by atoms with Crippen LogP contribution < -0.4 is 0 Å². The van der Waals surface area contributed by atoms with Gasteiger partial charge < -0.3 is 0 Å². The van der Waals surface area contributed by atoms with Crippen molar-refractivity contribution >= 4 is 11.6 Å². The summed E-state index contributed by atoms with van der Waals surface area (Å²) in [5.41, 5.74) is 0. The Morgan fingerprint density at radius 3 is 0.857 bits per heavy atom. The van der Waals surface area contributed by atoms with Crippen LogP contribution in [0.25, 0.3) is 0 Å². The number of halogens is 18. The molecule has 0 spiro atoms. The summed E-state index contributed by atoms with van der Waals surface area (Å²) >= 11 is 4.14. The van der Waals surface area contributed by atoms with Crippen molar-refractivity contribution in [3.63, 3.8) is 0 Å². The van der Waals surface area contributed by atoms with Crippen molar-refractivity contribution in [1.82, 2.24) is 0 Å². The van der Waals surface area contributed by atoms with Gasteiger partial charge in [0.1, 0.15) is 0 Å². The molecule has 0 aliphatic carbocycles. The summed E-state index contributed by atoms with van der Waals surface area (Å²) < 4.78 is 216. The molecule has 0 saturated carbocycles. The molecule has 0 N–H and O–H groups in total. The van der Waals surface area contributed by atoms with Crippen LogP contribution in [-0.2, 0) is 0 Å². The van der Waals surface area contributed by atoms with E-state index in [1.165, 1.54) is 0 Å². The van der Waals surface area contributed by atoms with Crippen molar-refractivity contribution < 1.29 is 74.6 Å². The zero-order chi connectivity index (χ0) is 23.6. The van der Waals surface area contributed by atoms with E-state index in [4.69, 9.17) is 0 Å². The van der Waals surface area contributed by atoms with Crippen LogP contribution in [0, 0.1) is 0 Å². The highest BCUT2D eigenvalue weighted by Gasteiger charge is 2.95. The highest BCUT2D eigenvalue weighted by Crippen LogP contribution is 2.64. The van der Waals surface area contributed by atoms with Gasteiger partial charge in [-0.2, -0.15) is 74.6 Å². The predicted octanol–water partition coefficient (Wildman–Crippen LogP) is 6.75. The first kappa shape index (κ1) is 26.8. The van der Waals surface area contributed by atoms with Gasteiger partial charge in [-0.15, -0.1) is 0 Å². The Kier molecular flexibility index (Phi) is 6.15. The third kappa shape index (κ3) is 3.07. The molecule has 0 aliphatic rings. The van der Waals surface area contributed by atoms with Gasteiger partial charge in [-0.1, -0.05) is 18.2 Å². The second kappa shape index (κ2) is 6.42. The molecule has 0 radical (unpaired) electrons. The molecule has 168 valence electrons. The fourth-order valence-electron chi connectivity index (χ4n) is 1.33. The van der Waals surface area contributed by atoms with Crippen LogP contribution in [0.2, 0.25) is 0 Å². The van der Waals surface area contributed by atoms with Crippen molar-refractivity contribution in [3.05, 3.63) is 11.6 Å². The first-order valence-corrected chi connectivity index (χ1v) is 6.13. The smallest absolute Gasteiger partial charge is 0.193 e. The van der Waals surface area contributed by atoms with Crippen molar-refractivity contribution in [2.24, 2.45) is 0 Å². The molecule has 0 bridgehead atoms. The maximum atomic E-state index is 13.1. The van der Waals surface area contributed by atoms with E-state index in [9.17, 15) is 74.6 Å². The summed E-state index contributed by atoms with van der Waals surface area (Å²) in [6.45, 7) is 1.72. The molecule has 18 heteroatoms. The number of hydrogen-bond donors (Lipinski definition) is 0. The quantitative estimate of drug-likeness (QED) is 0.354. The molecule has 0 saturated heterocycles. The summed E-state index contributed by atoms with van der Waals surface area (Å²) in [5.74, 6) is -56.8. The standard InChI is InChI=1S/C10H2ClF17/c1-2(11)3(12,13)4(14,15)5(16,17)6(18,19)7(20,21)8(22,23)9(24,25)10(26,27)28/h1H2. The molecule has 0 unspecified atom stereocenters. The van der Waals surface area contributed by atoms with Crippen molar-refractivity contribution in [3.8, 4) is 0 Å². The number of alkyl halides is 17. The Bertz CT molecular complexity index is 612. The largest absolute Gasteiger partial charge is 0.460 e. The van der Waals surface area contributed by atoms with Crippen LogP contribution in [0.4, 0.5) is 74.6 Å². The van der Waals surface area contributed by atoms with E-state index in [2.05, 4.69) is 11.6 Å². The highest BCUT2D eigenvalue weighted by atomic mass is 35.5. The Morgan fingerprint density at radius 2 is 0.643 bits per heavy atom. The van der Waals surface area contributed by atoms with Gasteiger partial charge in [-0.05, 0) is 0 Å². The predicted molar refractivity (Wildman–Crippen MR) is 55.7 cm³/mol. The molecule has 0 atom stereocenters. The zero-order valence-corrected chi connectivity index (χ0v) is 12.8. The van der Waals surface area contributed by atoms with Crippen LogP contribution in [-0.4, -0.2) is 47.6 Å². The summed E-state index contributed by atoms with van der Waals surface area (Å²) in [6, 6.07) is 0. The average molecular weight is 481 g/mol. The lowest BCUT2D eigenvalue weighted by Gasteiger charge is -2.42. The number of hydrogen-bond acceptors (Lipinski definition) is 0. The van der Waals surface area contributed by atoms with E-state index >= 15 is 0 Å². The van der Waals surface area contributed by atoms with Gasteiger partial charge in [-0.3, -0.25) is 0 Å². The minimum atomic E-state index is -8.64. The fraction of sp³-hybridized carbons (Fsp3) is 0.800. The second-order valence-electron chi connectivity index (χ2n) is 4.92. The van der Waals surface area contributed by atoms with Crippen molar-refractivity contribution in [2.75, 3.05) is 0 Å². The van der Waals surface area contributed by atoms with Crippen LogP contribution in [0.5, 0.6) is 0 Å². The molecular formula is C10H2ClF17. The molecule has 0 amide bonds. The van der Waals surface area contributed by atoms with Gasteiger partial charge >= 0.3 is 47.6 Å². The van der Waals surface area contributed by atoms with Crippen LogP contribution in [0.15, 0.2) is 11.6 Å². The third-order valence-electron chi connectivity index (χ3n) is 3.06. The van der Waals surface area contributed by atoms with E-state index in [1.54, 1.807) is 6.58 Å². The number of rotatable bonds is 7. The Hall–Kier alpha value is -1.16. The van der Waals surface area contributed by atoms with Crippen molar-refractivity contribution in [1.29, 1.82) is 0 Å². The van der Waals surface area contributed by atoms with Gasteiger partial charge in [0.25, 0.3) is 0 Å². The van der Waals surface area contributed by atoms with Gasteiger partial charge in [0.2, 0.25) is 0 Å². The van der Waals surface area contributed by atoms with Crippen LogP contribution in [0.1, 0.15) is 0 Å². The second-order valence-corrected chi connectivity index (χ2v) is 5.38. The Labute approximate surface area is 146 Å². The molecule has 0 aromatic heterocycles. The summed E-state index contributed by atoms with van der Waals surface area (Å²) in [4.78, 5) is 0. The maximum Gasteiger partial charge on any atom is 0.460 e. The average Bonchev–Trinajstić information content (AvgIpc) is 2.44. The molecule has 0 aliphatic heterocycles.